The van der Waals surface area contributed by atoms with Crippen molar-refractivity contribution in [3.63, 3.8) is 0 Å². The first-order valence-electron chi connectivity index (χ1n) is 8.72. The molecule has 138 valence electrons. The predicted molar refractivity (Wildman–Crippen MR) is 106 cm³/mol. The van der Waals surface area contributed by atoms with Crippen LogP contribution in [0.2, 0.25) is 5.02 Å². The zero-order chi connectivity index (χ0) is 18.5. The predicted octanol–water partition coefficient (Wildman–Crippen LogP) is 3.42. The van der Waals surface area contributed by atoms with Crippen LogP contribution >= 0.6 is 11.6 Å². The zero-order valence-electron chi connectivity index (χ0n) is 15.2. The normalized spacial score (nSPS) is 15.0. The summed E-state index contributed by atoms with van der Waals surface area (Å²) in [5, 5.41) is 3.46. The fourth-order valence-electron chi connectivity index (χ4n) is 3.16. The summed E-state index contributed by atoms with van der Waals surface area (Å²) in [6.45, 7) is 6.00. The van der Waals surface area contributed by atoms with Gasteiger partial charge in [-0.1, -0.05) is 23.7 Å². The summed E-state index contributed by atoms with van der Waals surface area (Å²) in [6.07, 6.45) is 0. The van der Waals surface area contributed by atoms with Gasteiger partial charge in [0.25, 0.3) is 0 Å². The Balaban J connectivity index is 1.53. The number of methoxy groups -OCH3 is 1. The molecule has 5 nitrogen and oxygen atoms in total. The van der Waals surface area contributed by atoms with Gasteiger partial charge in [-0.25, -0.2) is 0 Å². The number of benzene rings is 2. The number of carbonyl (C=O) groups is 1. The molecular weight excluding hydrogens is 350 g/mol. The molecule has 1 saturated heterocycles. The molecule has 3 rings (SSSR count). The average molecular weight is 374 g/mol. The molecule has 26 heavy (non-hydrogen) atoms. The topological polar surface area (TPSA) is 44.8 Å². The second-order valence-corrected chi connectivity index (χ2v) is 6.93. The Hall–Kier alpha value is -2.24. The maximum absolute atomic E-state index is 12.4. The standard InChI is InChI=1S/C20H24ClN3O2/c1-15-4-3-5-17(12-15)24-10-8-23(9-11-24)14-20(25)22-18-13-16(21)6-7-19(18)26-2/h3-7,12-13H,8-11,14H2,1-2H3,(H,22,25). The van der Waals surface area contributed by atoms with Crippen molar-refractivity contribution in [3.05, 3.63) is 53.1 Å². The van der Waals surface area contributed by atoms with Crippen molar-refractivity contribution in [3.8, 4) is 5.75 Å². The number of nitrogens with zero attached hydrogens (tertiary/aromatic N) is 2. The summed E-state index contributed by atoms with van der Waals surface area (Å²) in [4.78, 5) is 16.9. The lowest BCUT2D eigenvalue weighted by molar-refractivity contribution is -0.117. The smallest absolute Gasteiger partial charge is 0.238 e. The number of nitrogens with one attached hydrogen (secondary N) is 1. The number of hydrogen-bond acceptors (Lipinski definition) is 4. The van der Waals surface area contributed by atoms with Gasteiger partial charge >= 0.3 is 0 Å². The van der Waals surface area contributed by atoms with E-state index in [9.17, 15) is 4.79 Å². The molecule has 1 N–H and O–H groups in total. The van der Waals surface area contributed by atoms with Crippen LogP contribution in [0.5, 0.6) is 5.75 Å². The summed E-state index contributed by atoms with van der Waals surface area (Å²) in [5.74, 6) is 0.543. The van der Waals surface area contributed by atoms with Crippen molar-refractivity contribution in [2.75, 3.05) is 50.1 Å². The SMILES string of the molecule is COc1ccc(Cl)cc1NC(=O)CN1CCN(c2cccc(C)c2)CC1. The number of anilines is 2. The van der Waals surface area contributed by atoms with Gasteiger partial charge in [-0.2, -0.15) is 0 Å². The molecular formula is C20H24ClN3O2. The van der Waals surface area contributed by atoms with Gasteiger partial charge in [0.15, 0.2) is 0 Å². The minimum atomic E-state index is -0.0606. The molecule has 0 atom stereocenters. The van der Waals surface area contributed by atoms with E-state index < -0.39 is 0 Å². The van der Waals surface area contributed by atoms with Crippen LogP contribution in [-0.4, -0.2) is 50.6 Å². The Kier molecular flexibility index (Phi) is 6.01. The largest absolute Gasteiger partial charge is 0.495 e. The minimum Gasteiger partial charge on any atom is -0.495 e. The van der Waals surface area contributed by atoms with E-state index in [0.717, 1.165) is 26.2 Å². The second kappa shape index (κ2) is 8.43. The average Bonchev–Trinajstić information content (AvgIpc) is 2.62. The number of aryl methyl sites for hydroxylation is 1. The Bertz CT molecular complexity index is 773. The molecule has 1 amide bonds. The molecule has 0 radical (unpaired) electrons. The lowest BCUT2D eigenvalue weighted by Crippen LogP contribution is -2.48. The molecule has 1 aliphatic heterocycles. The zero-order valence-corrected chi connectivity index (χ0v) is 15.9. The van der Waals surface area contributed by atoms with Crippen molar-refractivity contribution in [1.82, 2.24) is 4.90 Å². The van der Waals surface area contributed by atoms with Crippen LogP contribution in [0.4, 0.5) is 11.4 Å². The van der Waals surface area contributed by atoms with Crippen molar-refractivity contribution < 1.29 is 9.53 Å². The fourth-order valence-corrected chi connectivity index (χ4v) is 3.33. The highest BCUT2D eigenvalue weighted by molar-refractivity contribution is 6.31. The van der Waals surface area contributed by atoms with E-state index in [0.29, 0.717) is 23.0 Å². The summed E-state index contributed by atoms with van der Waals surface area (Å²) < 4.78 is 5.27. The molecule has 2 aromatic rings. The van der Waals surface area contributed by atoms with E-state index in [2.05, 4.69) is 46.3 Å². The van der Waals surface area contributed by atoms with Crippen LogP contribution < -0.4 is 15.0 Å². The highest BCUT2D eigenvalue weighted by Gasteiger charge is 2.20. The Labute approximate surface area is 159 Å². The number of ether oxygens (including phenoxy) is 1. The van der Waals surface area contributed by atoms with E-state index in [1.54, 1.807) is 25.3 Å². The van der Waals surface area contributed by atoms with Gasteiger partial charge in [0, 0.05) is 36.9 Å². The Morgan fingerprint density at radius 1 is 1.15 bits per heavy atom. The molecule has 1 fully saturated rings. The molecule has 2 aromatic carbocycles. The van der Waals surface area contributed by atoms with Crippen LogP contribution in [-0.2, 0) is 4.79 Å². The molecule has 0 saturated carbocycles. The van der Waals surface area contributed by atoms with Gasteiger partial charge in [0.05, 0.1) is 19.3 Å². The first kappa shape index (κ1) is 18.5. The van der Waals surface area contributed by atoms with Gasteiger partial charge in [0.2, 0.25) is 5.91 Å². The maximum atomic E-state index is 12.4. The third kappa shape index (κ3) is 4.68. The number of carbonyl (C=O) groups excluding carboxylic acids is 1. The first-order chi connectivity index (χ1) is 12.5. The van der Waals surface area contributed by atoms with Gasteiger partial charge in [0.1, 0.15) is 5.75 Å². The molecule has 0 unspecified atom stereocenters. The van der Waals surface area contributed by atoms with Gasteiger partial charge in [-0.15, -0.1) is 0 Å². The van der Waals surface area contributed by atoms with Crippen LogP contribution in [0.3, 0.4) is 0 Å². The maximum Gasteiger partial charge on any atom is 0.238 e. The third-order valence-corrected chi connectivity index (χ3v) is 4.78. The van der Waals surface area contributed by atoms with Crippen molar-refractivity contribution in [1.29, 1.82) is 0 Å². The molecule has 0 aromatic heterocycles. The summed E-state index contributed by atoms with van der Waals surface area (Å²) >= 11 is 6.01. The molecule has 1 aliphatic rings. The van der Waals surface area contributed by atoms with Crippen LogP contribution in [0.25, 0.3) is 0 Å². The van der Waals surface area contributed by atoms with Crippen molar-refractivity contribution in [2.45, 2.75) is 6.92 Å². The summed E-state index contributed by atoms with van der Waals surface area (Å²) in [6, 6.07) is 13.7. The molecule has 0 aliphatic carbocycles. The lowest BCUT2D eigenvalue weighted by Gasteiger charge is -2.35. The van der Waals surface area contributed by atoms with Crippen LogP contribution in [0.1, 0.15) is 5.56 Å². The summed E-state index contributed by atoms with van der Waals surface area (Å²) in [5.41, 5.74) is 3.11. The molecule has 0 spiro atoms. The van der Waals surface area contributed by atoms with Gasteiger partial charge in [-0.3, -0.25) is 9.69 Å². The number of hydrogen-bond donors (Lipinski definition) is 1. The quantitative estimate of drug-likeness (QED) is 0.872. The molecule has 1 heterocycles. The number of halogens is 1. The molecule has 6 heteroatoms. The lowest BCUT2D eigenvalue weighted by atomic mass is 10.2. The second-order valence-electron chi connectivity index (χ2n) is 6.49. The monoisotopic (exact) mass is 373 g/mol. The van der Waals surface area contributed by atoms with E-state index >= 15 is 0 Å². The third-order valence-electron chi connectivity index (χ3n) is 4.54. The van der Waals surface area contributed by atoms with E-state index in [4.69, 9.17) is 16.3 Å². The number of piperazine rings is 1. The Morgan fingerprint density at radius 3 is 2.62 bits per heavy atom. The van der Waals surface area contributed by atoms with Gasteiger partial charge in [-0.05, 0) is 42.8 Å². The van der Waals surface area contributed by atoms with Crippen molar-refractivity contribution in [2.24, 2.45) is 0 Å². The highest BCUT2D eigenvalue weighted by Crippen LogP contribution is 2.27. The fraction of sp³-hybridized carbons (Fsp3) is 0.350. The number of rotatable bonds is 5. The Morgan fingerprint density at radius 2 is 1.92 bits per heavy atom. The van der Waals surface area contributed by atoms with Crippen LogP contribution in [0, 0.1) is 6.92 Å². The van der Waals surface area contributed by atoms with Gasteiger partial charge < -0.3 is 15.0 Å². The highest BCUT2D eigenvalue weighted by atomic mass is 35.5. The number of amides is 1. The summed E-state index contributed by atoms with van der Waals surface area (Å²) in [7, 11) is 1.57. The van der Waals surface area contributed by atoms with E-state index in [1.165, 1.54) is 11.3 Å². The van der Waals surface area contributed by atoms with E-state index in [-0.39, 0.29) is 5.91 Å². The minimum absolute atomic E-state index is 0.0606. The first-order valence-corrected chi connectivity index (χ1v) is 9.10. The molecule has 0 bridgehead atoms. The van der Waals surface area contributed by atoms with E-state index in [1.807, 2.05) is 0 Å². The van der Waals surface area contributed by atoms with Crippen LogP contribution in [0.15, 0.2) is 42.5 Å². The van der Waals surface area contributed by atoms with Crippen molar-refractivity contribution >= 4 is 28.9 Å².